The van der Waals surface area contributed by atoms with Gasteiger partial charge in [0.15, 0.2) is 5.82 Å². The van der Waals surface area contributed by atoms with Crippen molar-refractivity contribution in [1.29, 1.82) is 0 Å². The number of nitrogens with one attached hydrogen (secondary N) is 1. The van der Waals surface area contributed by atoms with E-state index in [0.29, 0.717) is 0 Å². The Kier molecular flexibility index (Phi) is 3.35. The van der Waals surface area contributed by atoms with Gasteiger partial charge in [0.05, 0.1) is 16.9 Å². The average Bonchev–Trinajstić information content (AvgIpc) is 2.28. The van der Waals surface area contributed by atoms with E-state index >= 15 is 0 Å². The van der Waals surface area contributed by atoms with Crippen LogP contribution in [0, 0.1) is 0 Å². The van der Waals surface area contributed by atoms with Gasteiger partial charge in [0.1, 0.15) is 4.90 Å². The van der Waals surface area contributed by atoms with Gasteiger partial charge in [0.2, 0.25) is 0 Å². The van der Waals surface area contributed by atoms with Crippen LogP contribution in [-0.2, 0) is 10.0 Å². The summed E-state index contributed by atoms with van der Waals surface area (Å²) in [4.78, 5) is 7.40. The highest BCUT2D eigenvalue weighted by atomic mass is 35.5. The van der Waals surface area contributed by atoms with E-state index in [4.69, 9.17) is 17.3 Å². The molecule has 2 aromatic rings. The molecule has 6 nitrogen and oxygen atoms in total. The van der Waals surface area contributed by atoms with Crippen molar-refractivity contribution in [3.8, 4) is 0 Å². The minimum Gasteiger partial charge on any atom is -0.398 e. The zero-order valence-corrected chi connectivity index (χ0v) is 10.6. The first-order chi connectivity index (χ1) is 8.50. The number of benzene rings is 1. The molecule has 0 spiro atoms. The molecule has 0 radical (unpaired) electrons. The van der Waals surface area contributed by atoms with Crippen molar-refractivity contribution >= 4 is 33.1 Å². The van der Waals surface area contributed by atoms with Crippen LogP contribution in [0.25, 0.3) is 0 Å². The van der Waals surface area contributed by atoms with Crippen LogP contribution in [0.1, 0.15) is 0 Å². The van der Waals surface area contributed by atoms with E-state index < -0.39 is 10.0 Å². The number of sulfonamides is 1. The summed E-state index contributed by atoms with van der Waals surface area (Å²) in [7, 11) is -3.88. The Bertz CT molecular complexity index is 641. The topological polar surface area (TPSA) is 98.0 Å². The molecule has 94 valence electrons. The van der Waals surface area contributed by atoms with E-state index in [-0.39, 0.29) is 21.4 Å². The Balaban J connectivity index is 2.44. The van der Waals surface area contributed by atoms with E-state index in [1.807, 2.05) is 0 Å². The van der Waals surface area contributed by atoms with Gasteiger partial charge >= 0.3 is 0 Å². The molecular weight excluding hydrogens is 276 g/mol. The van der Waals surface area contributed by atoms with E-state index in [1.165, 1.54) is 30.7 Å². The summed E-state index contributed by atoms with van der Waals surface area (Å²) in [5.41, 5.74) is 5.69. The number of anilines is 2. The van der Waals surface area contributed by atoms with Crippen molar-refractivity contribution < 1.29 is 8.42 Å². The Morgan fingerprint density at radius 3 is 2.67 bits per heavy atom. The molecule has 1 aromatic heterocycles. The van der Waals surface area contributed by atoms with Crippen LogP contribution >= 0.6 is 11.6 Å². The third kappa shape index (κ3) is 2.52. The van der Waals surface area contributed by atoms with E-state index in [1.54, 1.807) is 6.07 Å². The Labute approximate surface area is 109 Å². The number of rotatable bonds is 3. The van der Waals surface area contributed by atoms with Crippen LogP contribution in [0.3, 0.4) is 0 Å². The quantitative estimate of drug-likeness (QED) is 0.833. The van der Waals surface area contributed by atoms with Crippen molar-refractivity contribution in [1.82, 2.24) is 9.97 Å². The largest absolute Gasteiger partial charge is 0.398 e. The smallest absolute Gasteiger partial charge is 0.266 e. The highest BCUT2D eigenvalue weighted by molar-refractivity contribution is 7.93. The highest BCUT2D eigenvalue weighted by Gasteiger charge is 2.21. The highest BCUT2D eigenvalue weighted by Crippen LogP contribution is 2.28. The maximum Gasteiger partial charge on any atom is 0.266 e. The van der Waals surface area contributed by atoms with Crippen LogP contribution < -0.4 is 10.5 Å². The van der Waals surface area contributed by atoms with Gasteiger partial charge in [-0.3, -0.25) is 9.71 Å². The van der Waals surface area contributed by atoms with Crippen molar-refractivity contribution in [2.45, 2.75) is 4.90 Å². The lowest BCUT2D eigenvalue weighted by molar-refractivity contribution is 0.601. The number of nitrogen functional groups attached to an aromatic ring is 1. The van der Waals surface area contributed by atoms with Gasteiger partial charge in [0.25, 0.3) is 10.0 Å². The second kappa shape index (κ2) is 4.79. The Hall–Kier alpha value is -1.86. The van der Waals surface area contributed by atoms with E-state index in [0.717, 1.165) is 0 Å². The van der Waals surface area contributed by atoms with Gasteiger partial charge in [-0.1, -0.05) is 17.7 Å². The standard InChI is InChI=1S/C10H9ClN4O2S/c11-7-2-1-3-8(12)10(7)18(16,17)15-9-6-13-4-5-14-9/h1-6H,12H2,(H,14,15). The zero-order chi connectivity index (χ0) is 13.2. The number of hydrogen-bond acceptors (Lipinski definition) is 5. The third-order valence-electron chi connectivity index (χ3n) is 2.07. The third-order valence-corrected chi connectivity index (χ3v) is 3.97. The molecule has 18 heavy (non-hydrogen) atoms. The molecule has 0 fully saturated rings. The molecule has 1 heterocycles. The fourth-order valence-corrected chi connectivity index (χ4v) is 3.02. The van der Waals surface area contributed by atoms with Crippen molar-refractivity contribution in [3.63, 3.8) is 0 Å². The summed E-state index contributed by atoms with van der Waals surface area (Å²) in [5, 5.41) is 0.0476. The average molecular weight is 285 g/mol. The lowest BCUT2D eigenvalue weighted by Gasteiger charge is -2.10. The number of nitrogens with zero attached hydrogens (tertiary/aromatic N) is 2. The van der Waals surface area contributed by atoms with Gasteiger partial charge in [-0.05, 0) is 12.1 Å². The summed E-state index contributed by atoms with van der Waals surface area (Å²) in [6.45, 7) is 0. The number of aromatic nitrogens is 2. The van der Waals surface area contributed by atoms with Crippen LogP contribution in [0.5, 0.6) is 0 Å². The SMILES string of the molecule is Nc1cccc(Cl)c1S(=O)(=O)Nc1cnccn1. The first kappa shape index (κ1) is 12.6. The van der Waals surface area contributed by atoms with Crippen molar-refractivity contribution in [2.24, 2.45) is 0 Å². The van der Waals surface area contributed by atoms with Crippen LogP contribution in [0.15, 0.2) is 41.7 Å². The lowest BCUT2D eigenvalue weighted by Crippen LogP contribution is -2.16. The fourth-order valence-electron chi connectivity index (χ4n) is 1.35. The van der Waals surface area contributed by atoms with Crippen molar-refractivity contribution in [2.75, 3.05) is 10.5 Å². The summed E-state index contributed by atoms with van der Waals surface area (Å²) >= 11 is 5.85. The summed E-state index contributed by atoms with van der Waals surface area (Å²) in [6.07, 6.45) is 4.08. The van der Waals surface area contributed by atoms with E-state index in [9.17, 15) is 8.42 Å². The predicted molar refractivity (Wildman–Crippen MR) is 68.7 cm³/mol. The molecule has 1 aromatic carbocycles. The molecule has 0 aliphatic heterocycles. The summed E-state index contributed by atoms with van der Waals surface area (Å²) in [5.74, 6) is 0.0943. The Morgan fingerprint density at radius 1 is 1.28 bits per heavy atom. The van der Waals surface area contributed by atoms with Crippen LogP contribution in [0.4, 0.5) is 11.5 Å². The monoisotopic (exact) mass is 284 g/mol. The molecule has 0 amide bonds. The second-order valence-corrected chi connectivity index (χ2v) is 5.38. The zero-order valence-electron chi connectivity index (χ0n) is 9.04. The summed E-state index contributed by atoms with van der Waals surface area (Å²) < 4.78 is 26.5. The minimum absolute atomic E-state index is 0.0476. The van der Waals surface area contributed by atoms with Gasteiger partial charge in [0, 0.05) is 12.4 Å². The molecule has 3 N–H and O–H groups in total. The summed E-state index contributed by atoms with van der Waals surface area (Å²) in [6, 6.07) is 4.47. The van der Waals surface area contributed by atoms with Crippen LogP contribution in [-0.4, -0.2) is 18.4 Å². The molecule has 0 bridgehead atoms. The fraction of sp³-hybridized carbons (Fsp3) is 0. The van der Waals surface area contributed by atoms with Gasteiger partial charge in [-0.15, -0.1) is 0 Å². The number of hydrogen-bond donors (Lipinski definition) is 2. The number of nitrogens with two attached hydrogens (primary N) is 1. The van der Waals surface area contributed by atoms with Crippen molar-refractivity contribution in [3.05, 3.63) is 41.8 Å². The Morgan fingerprint density at radius 2 is 2.06 bits per heavy atom. The van der Waals surface area contributed by atoms with Gasteiger partial charge < -0.3 is 5.73 Å². The van der Waals surface area contributed by atoms with Gasteiger partial charge in [-0.25, -0.2) is 13.4 Å². The van der Waals surface area contributed by atoms with Crippen LogP contribution in [0.2, 0.25) is 5.02 Å². The lowest BCUT2D eigenvalue weighted by atomic mass is 10.3. The molecule has 0 unspecified atom stereocenters. The normalized spacial score (nSPS) is 11.2. The molecule has 0 saturated carbocycles. The molecule has 0 aliphatic rings. The maximum absolute atomic E-state index is 12.1. The van der Waals surface area contributed by atoms with Gasteiger partial charge in [-0.2, -0.15) is 0 Å². The first-order valence-electron chi connectivity index (χ1n) is 4.83. The number of halogens is 1. The molecule has 2 rings (SSSR count). The maximum atomic E-state index is 12.1. The molecule has 8 heteroatoms. The molecule has 0 atom stereocenters. The molecular formula is C10H9ClN4O2S. The van der Waals surface area contributed by atoms with E-state index in [2.05, 4.69) is 14.7 Å². The minimum atomic E-state index is -3.88. The molecule has 0 aliphatic carbocycles. The molecule has 0 saturated heterocycles. The predicted octanol–water partition coefficient (Wildman–Crippen LogP) is 1.51. The second-order valence-electron chi connectivity index (χ2n) is 3.35. The first-order valence-corrected chi connectivity index (χ1v) is 6.69.